The van der Waals surface area contributed by atoms with Gasteiger partial charge in [0.25, 0.3) is 0 Å². The maximum absolute atomic E-state index is 12.1. The average molecular weight is 379 g/mol. The summed E-state index contributed by atoms with van der Waals surface area (Å²) in [4.78, 5) is 31.5. The van der Waals surface area contributed by atoms with E-state index >= 15 is 0 Å². The first-order valence-corrected chi connectivity index (χ1v) is 9.05. The van der Waals surface area contributed by atoms with Crippen molar-refractivity contribution in [3.05, 3.63) is 17.7 Å². The van der Waals surface area contributed by atoms with Crippen LogP contribution in [0.4, 0.5) is 9.93 Å². The summed E-state index contributed by atoms with van der Waals surface area (Å²) in [7, 11) is 0. The summed E-state index contributed by atoms with van der Waals surface area (Å²) in [5.41, 5.74) is -0.102. The molecule has 1 fully saturated rings. The fourth-order valence-corrected chi connectivity index (χ4v) is 3.70. The zero-order chi connectivity index (χ0) is 19.1. The maximum atomic E-state index is 12.1. The molecule has 1 aromatic heterocycles. The molecule has 0 saturated carbocycles. The van der Waals surface area contributed by atoms with Crippen LogP contribution in [0.3, 0.4) is 0 Å². The Balaban J connectivity index is 1.71. The van der Waals surface area contributed by atoms with E-state index in [0.717, 1.165) is 5.13 Å². The second kappa shape index (κ2) is 6.64. The largest absolute Gasteiger partial charge is 0.507 e. The van der Waals surface area contributed by atoms with Gasteiger partial charge < -0.3 is 24.7 Å². The highest BCUT2D eigenvalue weighted by Crippen LogP contribution is 2.33. The number of hydrogen-bond donors (Lipinski definition) is 2. The van der Waals surface area contributed by atoms with Gasteiger partial charge in [-0.1, -0.05) is 11.3 Å². The molecule has 1 aliphatic heterocycles. The summed E-state index contributed by atoms with van der Waals surface area (Å²) >= 11 is 1.37. The molecule has 3 rings (SSSR count). The number of fused-ring (bicyclic) bond motifs is 1. The van der Waals surface area contributed by atoms with Gasteiger partial charge in [0, 0.05) is 32.2 Å². The van der Waals surface area contributed by atoms with E-state index in [0.29, 0.717) is 36.4 Å². The number of benzene rings is 1. The fraction of sp³-hybridized carbons (Fsp3) is 0.471. The summed E-state index contributed by atoms with van der Waals surface area (Å²) in [6.07, 6.45) is -0.322. The van der Waals surface area contributed by atoms with Gasteiger partial charge >= 0.3 is 12.1 Å². The number of amides is 1. The molecule has 0 spiro atoms. The van der Waals surface area contributed by atoms with E-state index < -0.39 is 11.6 Å². The maximum Gasteiger partial charge on any atom is 0.410 e. The van der Waals surface area contributed by atoms with Gasteiger partial charge in [-0.25, -0.2) is 14.6 Å². The first kappa shape index (κ1) is 18.2. The van der Waals surface area contributed by atoms with Gasteiger partial charge in [-0.3, -0.25) is 0 Å². The zero-order valence-electron chi connectivity index (χ0n) is 14.9. The normalized spacial score (nSPS) is 15.3. The van der Waals surface area contributed by atoms with Crippen molar-refractivity contribution in [1.29, 1.82) is 0 Å². The van der Waals surface area contributed by atoms with Crippen LogP contribution < -0.4 is 4.90 Å². The molecule has 26 heavy (non-hydrogen) atoms. The lowest BCUT2D eigenvalue weighted by Crippen LogP contribution is -2.50. The van der Waals surface area contributed by atoms with Crippen LogP contribution in [0, 0.1) is 0 Å². The number of aromatic nitrogens is 1. The van der Waals surface area contributed by atoms with Crippen molar-refractivity contribution in [3.63, 3.8) is 0 Å². The predicted octanol–water partition coefficient (Wildman–Crippen LogP) is 2.76. The number of nitrogens with zero attached hydrogens (tertiary/aromatic N) is 3. The van der Waals surface area contributed by atoms with Crippen molar-refractivity contribution in [2.75, 3.05) is 31.1 Å². The van der Waals surface area contributed by atoms with Gasteiger partial charge in [-0.2, -0.15) is 0 Å². The molecule has 0 radical (unpaired) electrons. The van der Waals surface area contributed by atoms with Crippen LogP contribution in [-0.4, -0.2) is 63.9 Å². The van der Waals surface area contributed by atoms with E-state index in [1.165, 1.54) is 23.5 Å². The Kier molecular flexibility index (Phi) is 4.66. The standard InChI is InChI=1S/C17H21N3O5S/c1-17(2,3)25-16(24)20-6-4-19(5-7-20)15-18-11-9-12(21)10(14(22)23)8-13(11)26-15/h8-9,21H,4-7H2,1-3H3,(H,22,23). The third kappa shape index (κ3) is 3.82. The lowest BCUT2D eigenvalue weighted by molar-refractivity contribution is 0.0240. The van der Waals surface area contributed by atoms with Crippen LogP contribution in [0.25, 0.3) is 10.2 Å². The molecule has 0 unspecified atom stereocenters. The number of carboxylic acid groups (broad SMARTS) is 1. The van der Waals surface area contributed by atoms with E-state index in [1.54, 1.807) is 4.90 Å². The molecule has 0 bridgehead atoms. The van der Waals surface area contributed by atoms with Gasteiger partial charge in [0.15, 0.2) is 5.13 Å². The number of anilines is 1. The highest BCUT2D eigenvalue weighted by atomic mass is 32.1. The predicted molar refractivity (Wildman–Crippen MR) is 98.3 cm³/mol. The summed E-state index contributed by atoms with van der Waals surface area (Å²) in [6.45, 7) is 7.77. The van der Waals surface area contributed by atoms with Crippen molar-refractivity contribution in [2.45, 2.75) is 26.4 Å². The topological polar surface area (TPSA) is 103 Å². The summed E-state index contributed by atoms with van der Waals surface area (Å²) in [6, 6.07) is 2.81. The zero-order valence-corrected chi connectivity index (χ0v) is 15.7. The SMILES string of the molecule is CC(C)(C)OC(=O)N1CCN(c2nc3cc(O)c(C(=O)O)cc3s2)CC1. The number of rotatable bonds is 2. The van der Waals surface area contributed by atoms with E-state index in [1.807, 2.05) is 25.7 Å². The van der Waals surface area contributed by atoms with Crippen LogP contribution >= 0.6 is 11.3 Å². The molecule has 0 atom stereocenters. The van der Waals surface area contributed by atoms with Crippen LogP contribution in [0.1, 0.15) is 31.1 Å². The lowest BCUT2D eigenvalue weighted by Gasteiger charge is -2.35. The average Bonchev–Trinajstić information content (AvgIpc) is 2.95. The van der Waals surface area contributed by atoms with Gasteiger partial charge in [0.2, 0.25) is 0 Å². The Hall–Kier alpha value is -2.55. The summed E-state index contributed by atoms with van der Waals surface area (Å²) < 4.78 is 6.09. The minimum absolute atomic E-state index is 0.137. The Morgan fingerprint density at radius 1 is 1.19 bits per heavy atom. The number of phenols is 1. The van der Waals surface area contributed by atoms with Crippen molar-refractivity contribution in [3.8, 4) is 5.75 Å². The first-order valence-electron chi connectivity index (χ1n) is 8.24. The molecule has 0 aliphatic carbocycles. The van der Waals surface area contributed by atoms with Gasteiger partial charge in [-0.05, 0) is 26.8 Å². The molecule has 2 heterocycles. The molecule has 9 heteroatoms. The highest BCUT2D eigenvalue weighted by molar-refractivity contribution is 7.22. The second-order valence-electron chi connectivity index (χ2n) is 7.09. The molecule has 2 N–H and O–H groups in total. The number of carbonyl (C=O) groups excluding carboxylic acids is 1. The number of carbonyl (C=O) groups is 2. The number of aromatic carboxylic acids is 1. The van der Waals surface area contributed by atoms with Crippen molar-refractivity contribution in [2.24, 2.45) is 0 Å². The molecule has 140 valence electrons. The molecular formula is C17H21N3O5S. The molecule has 1 saturated heterocycles. The molecule has 1 aromatic carbocycles. The van der Waals surface area contributed by atoms with E-state index in [-0.39, 0.29) is 17.4 Å². The summed E-state index contributed by atoms with van der Waals surface area (Å²) in [5.74, 6) is -1.47. The quantitative estimate of drug-likeness (QED) is 0.827. The van der Waals surface area contributed by atoms with Crippen molar-refractivity contribution in [1.82, 2.24) is 9.88 Å². The van der Waals surface area contributed by atoms with E-state index in [4.69, 9.17) is 9.84 Å². The lowest BCUT2D eigenvalue weighted by atomic mass is 10.2. The third-order valence-electron chi connectivity index (χ3n) is 3.93. The van der Waals surface area contributed by atoms with Crippen LogP contribution in [-0.2, 0) is 4.74 Å². The fourth-order valence-electron chi connectivity index (χ4n) is 2.66. The Morgan fingerprint density at radius 3 is 2.42 bits per heavy atom. The number of carboxylic acids is 1. The van der Waals surface area contributed by atoms with E-state index in [2.05, 4.69) is 4.98 Å². The summed E-state index contributed by atoms with van der Waals surface area (Å²) in [5, 5.41) is 19.6. The molecule has 1 amide bonds. The minimum Gasteiger partial charge on any atom is -0.507 e. The van der Waals surface area contributed by atoms with Gasteiger partial charge in [0.1, 0.15) is 16.9 Å². The monoisotopic (exact) mass is 379 g/mol. The highest BCUT2D eigenvalue weighted by Gasteiger charge is 2.27. The second-order valence-corrected chi connectivity index (χ2v) is 8.10. The van der Waals surface area contributed by atoms with Crippen LogP contribution in [0.5, 0.6) is 5.75 Å². The van der Waals surface area contributed by atoms with Crippen LogP contribution in [0.2, 0.25) is 0 Å². The molecular weight excluding hydrogens is 358 g/mol. The smallest absolute Gasteiger partial charge is 0.410 e. The Morgan fingerprint density at radius 2 is 1.85 bits per heavy atom. The van der Waals surface area contributed by atoms with Crippen molar-refractivity contribution >= 4 is 38.7 Å². The molecule has 1 aliphatic rings. The molecule has 2 aromatic rings. The number of piperazine rings is 1. The van der Waals surface area contributed by atoms with E-state index in [9.17, 15) is 14.7 Å². The Labute approximate surface area is 154 Å². The number of aromatic hydroxyl groups is 1. The van der Waals surface area contributed by atoms with Crippen LogP contribution in [0.15, 0.2) is 12.1 Å². The third-order valence-corrected chi connectivity index (χ3v) is 5.01. The molecule has 8 nitrogen and oxygen atoms in total. The van der Waals surface area contributed by atoms with Crippen molar-refractivity contribution < 1.29 is 24.5 Å². The Bertz CT molecular complexity index is 850. The first-order chi connectivity index (χ1) is 12.1. The number of hydrogen-bond acceptors (Lipinski definition) is 7. The minimum atomic E-state index is -1.18. The van der Waals surface area contributed by atoms with Gasteiger partial charge in [-0.15, -0.1) is 0 Å². The van der Waals surface area contributed by atoms with Gasteiger partial charge in [0.05, 0.1) is 10.2 Å². The number of ether oxygens (including phenoxy) is 1. The number of thiazole rings is 1.